The van der Waals surface area contributed by atoms with Crippen LogP contribution in [0.3, 0.4) is 0 Å². The molecule has 0 atom stereocenters. The summed E-state index contributed by atoms with van der Waals surface area (Å²) in [6.07, 6.45) is 0. The van der Waals surface area contributed by atoms with Crippen molar-refractivity contribution in [3.63, 3.8) is 0 Å². The Morgan fingerprint density at radius 1 is 1.27 bits per heavy atom. The van der Waals surface area contributed by atoms with Gasteiger partial charge in [-0.2, -0.15) is 5.26 Å². The van der Waals surface area contributed by atoms with E-state index in [2.05, 4.69) is 11.1 Å². The van der Waals surface area contributed by atoms with Crippen LogP contribution in [-0.4, -0.2) is 23.0 Å². The molecule has 0 radical (unpaired) electrons. The summed E-state index contributed by atoms with van der Waals surface area (Å²) in [5.74, 6) is 0.908. The van der Waals surface area contributed by atoms with Crippen molar-refractivity contribution in [1.82, 2.24) is 4.98 Å². The highest BCUT2D eigenvalue weighted by Gasteiger charge is 2.15. The van der Waals surface area contributed by atoms with Crippen molar-refractivity contribution in [2.24, 2.45) is 0 Å². The quantitative estimate of drug-likeness (QED) is 0.710. The highest BCUT2D eigenvalue weighted by molar-refractivity contribution is 7.99. The van der Waals surface area contributed by atoms with Gasteiger partial charge in [-0.1, -0.05) is 18.2 Å². The zero-order valence-corrected chi connectivity index (χ0v) is 12.8. The molecule has 4 nitrogen and oxygen atoms in total. The van der Waals surface area contributed by atoms with Crippen molar-refractivity contribution in [3.8, 4) is 28.8 Å². The molecule has 0 saturated carbocycles. The number of fused-ring (bicyclic) bond motifs is 1. The molecule has 0 fully saturated rings. The third kappa shape index (κ3) is 2.49. The average Bonchev–Trinajstić information content (AvgIpc) is 2.92. The van der Waals surface area contributed by atoms with Gasteiger partial charge in [0.1, 0.15) is 0 Å². The molecule has 2 N–H and O–H groups in total. The van der Waals surface area contributed by atoms with Crippen LogP contribution in [0, 0.1) is 11.3 Å². The molecule has 22 heavy (non-hydrogen) atoms. The maximum Gasteiger partial charge on any atom is 0.161 e. The number of aromatic amines is 1. The predicted octanol–water partition coefficient (Wildman–Crippen LogP) is 4.16. The molecule has 0 aliphatic carbocycles. The lowest BCUT2D eigenvalue weighted by Gasteiger charge is -2.07. The fourth-order valence-corrected chi connectivity index (χ4v) is 3.26. The van der Waals surface area contributed by atoms with Gasteiger partial charge in [-0.05, 0) is 24.3 Å². The molecule has 0 amide bonds. The van der Waals surface area contributed by atoms with Crippen molar-refractivity contribution in [3.05, 3.63) is 42.5 Å². The van der Waals surface area contributed by atoms with Gasteiger partial charge >= 0.3 is 0 Å². The van der Waals surface area contributed by atoms with Crippen LogP contribution in [0.4, 0.5) is 0 Å². The molecule has 0 spiro atoms. The number of phenolic OH excluding ortho intramolecular Hbond substituents is 1. The summed E-state index contributed by atoms with van der Waals surface area (Å²) in [5.41, 5.74) is 2.86. The van der Waals surface area contributed by atoms with Gasteiger partial charge in [0.25, 0.3) is 0 Å². The Balaban J connectivity index is 2.19. The average molecular weight is 310 g/mol. The van der Waals surface area contributed by atoms with E-state index in [4.69, 9.17) is 10.00 Å². The number of nitriles is 1. The van der Waals surface area contributed by atoms with E-state index in [1.807, 2.05) is 30.3 Å². The lowest BCUT2D eigenvalue weighted by molar-refractivity contribution is 0.373. The van der Waals surface area contributed by atoms with E-state index in [1.165, 1.54) is 18.9 Å². The van der Waals surface area contributed by atoms with Crippen molar-refractivity contribution < 1.29 is 9.84 Å². The minimum Gasteiger partial charge on any atom is -0.504 e. The van der Waals surface area contributed by atoms with Gasteiger partial charge in [-0.3, -0.25) is 0 Å². The highest BCUT2D eigenvalue weighted by Crippen LogP contribution is 2.40. The van der Waals surface area contributed by atoms with E-state index in [0.717, 1.165) is 27.1 Å². The molecular weight excluding hydrogens is 296 g/mol. The van der Waals surface area contributed by atoms with Gasteiger partial charge in [-0.25, -0.2) is 0 Å². The molecule has 0 saturated heterocycles. The van der Waals surface area contributed by atoms with E-state index >= 15 is 0 Å². The predicted molar refractivity (Wildman–Crippen MR) is 88.3 cm³/mol. The van der Waals surface area contributed by atoms with Crippen LogP contribution >= 0.6 is 11.8 Å². The third-order valence-corrected chi connectivity index (χ3v) is 4.39. The molecule has 0 aliphatic rings. The Morgan fingerprint density at radius 2 is 2.09 bits per heavy atom. The van der Waals surface area contributed by atoms with Crippen molar-refractivity contribution in [2.75, 3.05) is 12.9 Å². The van der Waals surface area contributed by atoms with E-state index in [0.29, 0.717) is 11.5 Å². The monoisotopic (exact) mass is 310 g/mol. The number of rotatable bonds is 4. The fourth-order valence-electron chi connectivity index (χ4n) is 2.41. The van der Waals surface area contributed by atoms with Gasteiger partial charge in [0.2, 0.25) is 0 Å². The lowest BCUT2D eigenvalue weighted by atomic mass is 10.1. The maximum absolute atomic E-state index is 9.75. The second-order valence-electron chi connectivity index (χ2n) is 4.71. The fraction of sp³-hybridized carbons (Fsp3) is 0.118. The standard InChI is InChI=1S/C17H14N2O2S/c1-21-15-10-11(6-7-14(15)20)16-17(22-9-8-18)12-4-2-3-5-13(12)19-16/h2-7,10,19-20H,9H2,1H3. The number of hydrogen-bond acceptors (Lipinski definition) is 4. The maximum atomic E-state index is 9.75. The summed E-state index contributed by atoms with van der Waals surface area (Å²) in [4.78, 5) is 4.43. The number of benzene rings is 2. The molecule has 0 unspecified atom stereocenters. The molecule has 1 aromatic heterocycles. The topological polar surface area (TPSA) is 69.0 Å². The Bertz CT molecular complexity index is 865. The number of H-pyrrole nitrogens is 1. The second-order valence-corrected chi connectivity index (χ2v) is 5.69. The number of aromatic hydroxyl groups is 1. The Labute approximate surface area is 132 Å². The minimum absolute atomic E-state index is 0.105. The number of thioether (sulfide) groups is 1. The van der Waals surface area contributed by atoms with Crippen LogP contribution in [0.5, 0.6) is 11.5 Å². The summed E-state index contributed by atoms with van der Waals surface area (Å²) in [5, 5.41) is 19.7. The highest BCUT2D eigenvalue weighted by atomic mass is 32.2. The van der Waals surface area contributed by atoms with Gasteiger partial charge < -0.3 is 14.8 Å². The summed E-state index contributed by atoms with van der Waals surface area (Å²) in [6, 6.07) is 15.4. The largest absolute Gasteiger partial charge is 0.504 e. The summed E-state index contributed by atoms with van der Waals surface area (Å²) in [7, 11) is 1.52. The second kappa shape index (κ2) is 6.04. The first-order chi connectivity index (χ1) is 10.7. The summed E-state index contributed by atoms with van der Waals surface area (Å²) < 4.78 is 5.18. The van der Waals surface area contributed by atoms with Crippen molar-refractivity contribution in [1.29, 1.82) is 5.26 Å². The first-order valence-corrected chi connectivity index (χ1v) is 7.71. The third-order valence-electron chi connectivity index (χ3n) is 3.41. The van der Waals surface area contributed by atoms with E-state index < -0.39 is 0 Å². The van der Waals surface area contributed by atoms with Crippen LogP contribution in [0.1, 0.15) is 0 Å². The van der Waals surface area contributed by atoms with E-state index in [9.17, 15) is 5.11 Å². The molecule has 1 heterocycles. The van der Waals surface area contributed by atoms with Crippen LogP contribution in [0.25, 0.3) is 22.2 Å². The molecule has 3 rings (SSSR count). The van der Waals surface area contributed by atoms with E-state index in [1.54, 1.807) is 12.1 Å². The van der Waals surface area contributed by atoms with Crippen LogP contribution < -0.4 is 4.74 Å². The molecular formula is C17H14N2O2S. The van der Waals surface area contributed by atoms with Gasteiger partial charge in [-0.15, -0.1) is 11.8 Å². The number of nitrogens with one attached hydrogen (secondary N) is 1. The van der Waals surface area contributed by atoms with E-state index in [-0.39, 0.29) is 5.75 Å². The molecule has 5 heteroatoms. The summed E-state index contributed by atoms with van der Waals surface area (Å²) in [6.45, 7) is 0. The normalized spacial score (nSPS) is 10.5. The molecule has 2 aromatic carbocycles. The Kier molecular flexibility index (Phi) is 3.94. The number of nitrogens with zero attached hydrogens (tertiary/aromatic N) is 1. The van der Waals surface area contributed by atoms with Crippen molar-refractivity contribution >= 4 is 22.7 Å². The van der Waals surface area contributed by atoms with Crippen molar-refractivity contribution in [2.45, 2.75) is 4.90 Å². The number of ether oxygens (including phenoxy) is 1. The molecule has 0 aliphatic heterocycles. The minimum atomic E-state index is 0.105. The summed E-state index contributed by atoms with van der Waals surface area (Å²) >= 11 is 1.50. The zero-order valence-electron chi connectivity index (χ0n) is 12.0. The van der Waals surface area contributed by atoms with Crippen LogP contribution in [-0.2, 0) is 0 Å². The number of phenols is 1. The first-order valence-electron chi connectivity index (χ1n) is 6.72. The molecule has 3 aromatic rings. The molecule has 110 valence electrons. The first kappa shape index (κ1) is 14.4. The SMILES string of the molecule is COc1cc(-c2[nH]c3ccccc3c2SCC#N)ccc1O. The Morgan fingerprint density at radius 3 is 2.86 bits per heavy atom. The van der Waals surface area contributed by atoms with Gasteiger partial charge in [0, 0.05) is 21.4 Å². The number of para-hydroxylation sites is 1. The number of hydrogen-bond donors (Lipinski definition) is 2. The van der Waals surface area contributed by atoms with Gasteiger partial charge in [0.05, 0.1) is 24.6 Å². The molecule has 0 bridgehead atoms. The van der Waals surface area contributed by atoms with Crippen LogP contribution in [0.15, 0.2) is 47.4 Å². The number of methoxy groups -OCH3 is 1. The van der Waals surface area contributed by atoms with Gasteiger partial charge in [0.15, 0.2) is 11.5 Å². The zero-order chi connectivity index (χ0) is 15.5. The lowest BCUT2D eigenvalue weighted by Crippen LogP contribution is -1.86. The van der Waals surface area contributed by atoms with Crippen LogP contribution in [0.2, 0.25) is 0 Å². The smallest absolute Gasteiger partial charge is 0.161 e. The Hall–Kier alpha value is -2.58. The number of aromatic nitrogens is 1.